The summed E-state index contributed by atoms with van der Waals surface area (Å²) in [6.07, 6.45) is 0. The van der Waals surface area contributed by atoms with E-state index in [-0.39, 0.29) is 0 Å². The Balaban J connectivity index is 2.06. The summed E-state index contributed by atoms with van der Waals surface area (Å²) in [4.78, 5) is 2.90. The van der Waals surface area contributed by atoms with E-state index in [0.717, 1.165) is 19.6 Å². The lowest BCUT2D eigenvalue weighted by Gasteiger charge is -2.33. The highest BCUT2D eigenvalue weighted by Crippen LogP contribution is 2.27. The zero-order chi connectivity index (χ0) is 12.3. The Morgan fingerprint density at radius 2 is 2.06 bits per heavy atom. The molecule has 0 radical (unpaired) electrons. The summed E-state index contributed by atoms with van der Waals surface area (Å²) in [5.74, 6) is -2.35. The van der Waals surface area contributed by atoms with Crippen LogP contribution in [0, 0.1) is 0 Å². The summed E-state index contributed by atoms with van der Waals surface area (Å²) >= 11 is 0.592. The molecule has 0 amide bonds. The zero-order valence-electron chi connectivity index (χ0n) is 9.70. The van der Waals surface area contributed by atoms with Crippen molar-refractivity contribution in [3.63, 3.8) is 0 Å². The third kappa shape index (κ3) is 3.40. The van der Waals surface area contributed by atoms with Crippen LogP contribution in [0.25, 0.3) is 0 Å². The Morgan fingerprint density at radius 3 is 2.65 bits per heavy atom. The summed E-state index contributed by atoms with van der Waals surface area (Å²) < 4.78 is 24.4. The largest absolute Gasteiger partial charge is 0.314 e. The molecule has 1 aliphatic heterocycles. The summed E-state index contributed by atoms with van der Waals surface area (Å²) in [5, 5.41) is 3.34. The van der Waals surface area contributed by atoms with Gasteiger partial charge in [0.2, 0.25) is 0 Å². The number of piperazine rings is 1. The minimum Gasteiger partial charge on any atom is -0.314 e. The maximum atomic E-state index is 12.2. The fraction of sp³-hybridized carbons (Fsp3) is 0.500. The number of halogens is 2. The molecule has 1 fully saturated rings. The van der Waals surface area contributed by atoms with Crippen molar-refractivity contribution < 1.29 is 8.78 Å². The molecule has 0 aromatic heterocycles. The van der Waals surface area contributed by atoms with Crippen molar-refractivity contribution in [2.24, 2.45) is 0 Å². The molecule has 2 rings (SSSR count). The lowest BCUT2D eigenvalue weighted by molar-refractivity contribution is 0.202. The zero-order valence-corrected chi connectivity index (χ0v) is 10.5. The number of nitrogens with one attached hydrogen (secondary N) is 1. The normalized spacial score (nSPS) is 22.0. The average Bonchev–Trinajstić information content (AvgIpc) is 2.30. The van der Waals surface area contributed by atoms with Crippen molar-refractivity contribution in [3.05, 3.63) is 29.8 Å². The minimum atomic E-state index is -2.35. The molecule has 17 heavy (non-hydrogen) atoms. The Morgan fingerprint density at radius 1 is 1.35 bits per heavy atom. The van der Waals surface area contributed by atoms with Gasteiger partial charge in [0, 0.05) is 30.6 Å². The van der Waals surface area contributed by atoms with E-state index in [9.17, 15) is 8.78 Å². The van der Waals surface area contributed by atoms with E-state index >= 15 is 0 Å². The van der Waals surface area contributed by atoms with Gasteiger partial charge in [-0.1, -0.05) is 23.9 Å². The van der Waals surface area contributed by atoms with Crippen LogP contribution < -0.4 is 5.32 Å². The van der Waals surface area contributed by atoms with Crippen LogP contribution in [0.2, 0.25) is 0 Å². The number of likely N-dealkylation sites (N-methyl/N-ethyl adjacent to an activating group) is 1. The maximum Gasteiger partial charge on any atom is 0.288 e. The van der Waals surface area contributed by atoms with Gasteiger partial charge < -0.3 is 5.32 Å². The van der Waals surface area contributed by atoms with Crippen LogP contribution in [0.3, 0.4) is 0 Å². The smallest absolute Gasteiger partial charge is 0.288 e. The number of hydrogen-bond donors (Lipinski definition) is 1. The van der Waals surface area contributed by atoms with Crippen LogP contribution in [0.15, 0.2) is 29.2 Å². The fourth-order valence-corrected chi connectivity index (χ4v) is 2.55. The summed E-state index contributed by atoms with van der Waals surface area (Å²) in [6, 6.07) is 7.77. The highest BCUT2D eigenvalue weighted by Gasteiger charge is 2.20. The molecule has 0 aliphatic carbocycles. The highest BCUT2D eigenvalue weighted by atomic mass is 32.2. The highest BCUT2D eigenvalue weighted by molar-refractivity contribution is 7.99. The molecule has 1 N–H and O–H groups in total. The number of rotatable bonds is 3. The first-order valence-electron chi connectivity index (χ1n) is 5.62. The molecule has 1 heterocycles. The summed E-state index contributed by atoms with van der Waals surface area (Å²) in [5.41, 5.74) is 1.18. The number of benzene rings is 1. The fourth-order valence-electron chi connectivity index (χ4n) is 2.05. The van der Waals surface area contributed by atoms with Gasteiger partial charge in [0.05, 0.1) is 0 Å². The van der Waals surface area contributed by atoms with Crippen LogP contribution in [-0.2, 0) is 0 Å². The molecule has 0 saturated carbocycles. The monoisotopic (exact) mass is 258 g/mol. The van der Waals surface area contributed by atoms with Crippen LogP contribution in [0.4, 0.5) is 8.78 Å². The second-order valence-corrected chi connectivity index (χ2v) is 5.21. The van der Waals surface area contributed by atoms with Gasteiger partial charge in [-0.25, -0.2) is 0 Å². The van der Waals surface area contributed by atoms with Crippen molar-refractivity contribution in [2.45, 2.75) is 16.7 Å². The lowest BCUT2D eigenvalue weighted by Crippen LogP contribution is -2.43. The van der Waals surface area contributed by atoms with Crippen molar-refractivity contribution in [1.82, 2.24) is 10.2 Å². The SMILES string of the molecule is CN1CCNCC1c1ccc(SC(F)F)cc1. The Kier molecular flexibility index (Phi) is 4.36. The summed E-state index contributed by atoms with van der Waals surface area (Å²) in [7, 11) is 2.09. The number of thioether (sulfide) groups is 1. The first-order chi connectivity index (χ1) is 8.16. The molecule has 1 unspecified atom stereocenters. The number of alkyl halides is 2. The van der Waals surface area contributed by atoms with Gasteiger partial charge in [0.15, 0.2) is 0 Å². The topological polar surface area (TPSA) is 15.3 Å². The van der Waals surface area contributed by atoms with E-state index < -0.39 is 5.76 Å². The van der Waals surface area contributed by atoms with Gasteiger partial charge in [0.1, 0.15) is 0 Å². The Bertz CT molecular complexity index is 356. The van der Waals surface area contributed by atoms with E-state index in [2.05, 4.69) is 17.3 Å². The maximum absolute atomic E-state index is 12.2. The molecular formula is C12H16F2N2S. The van der Waals surface area contributed by atoms with Crippen molar-refractivity contribution >= 4 is 11.8 Å². The third-order valence-electron chi connectivity index (χ3n) is 3.00. The number of nitrogens with zero attached hydrogens (tertiary/aromatic N) is 1. The van der Waals surface area contributed by atoms with E-state index in [1.165, 1.54) is 5.56 Å². The second kappa shape index (κ2) is 5.80. The predicted octanol–water partition coefficient (Wildman–Crippen LogP) is 2.58. The molecule has 0 bridgehead atoms. The molecule has 2 nitrogen and oxygen atoms in total. The molecule has 1 aliphatic rings. The van der Waals surface area contributed by atoms with Gasteiger partial charge in [-0.15, -0.1) is 0 Å². The Labute approximate surface area is 104 Å². The molecule has 94 valence electrons. The van der Waals surface area contributed by atoms with E-state index in [4.69, 9.17) is 0 Å². The predicted molar refractivity (Wildman–Crippen MR) is 66.5 cm³/mol. The van der Waals surface area contributed by atoms with Gasteiger partial charge in [-0.3, -0.25) is 4.90 Å². The van der Waals surface area contributed by atoms with Gasteiger partial charge in [-0.05, 0) is 24.7 Å². The van der Waals surface area contributed by atoms with Gasteiger partial charge in [0.25, 0.3) is 5.76 Å². The molecule has 0 spiro atoms. The molecule has 1 atom stereocenters. The minimum absolute atomic E-state index is 0.342. The quantitative estimate of drug-likeness (QED) is 0.839. The molecule has 1 saturated heterocycles. The van der Waals surface area contributed by atoms with E-state index in [1.54, 1.807) is 12.1 Å². The lowest BCUT2D eigenvalue weighted by atomic mass is 10.0. The van der Waals surface area contributed by atoms with Crippen LogP contribution >= 0.6 is 11.8 Å². The Hall–Kier alpha value is -0.650. The average molecular weight is 258 g/mol. The number of hydrogen-bond acceptors (Lipinski definition) is 3. The molecule has 1 aromatic carbocycles. The van der Waals surface area contributed by atoms with Crippen LogP contribution in [0.1, 0.15) is 11.6 Å². The summed E-state index contributed by atoms with van der Waals surface area (Å²) in [6.45, 7) is 2.93. The van der Waals surface area contributed by atoms with Crippen molar-refractivity contribution in [2.75, 3.05) is 26.7 Å². The van der Waals surface area contributed by atoms with Crippen molar-refractivity contribution in [3.8, 4) is 0 Å². The van der Waals surface area contributed by atoms with Crippen molar-refractivity contribution in [1.29, 1.82) is 0 Å². The van der Waals surface area contributed by atoms with Gasteiger partial charge >= 0.3 is 0 Å². The first kappa shape index (κ1) is 12.8. The van der Waals surface area contributed by atoms with Gasteiger partial charge in [-0.2, -0.15) is 8.78 Å². The molecule has 1 aromatic rings. The third-order valence-corrected chi connectivity index (χ3v) is 3.72. The van der Waals surface area contributed by atoms with E-state index in [1.807, 2.05) is 12.1 Å². The van der Waals surface area contributed by atoms with Crippen LogP contribution in [-0.4, -0.2) is 37.3 Å². The first-order valence-corrected chi connectivity index (χ1v) is 6.50. The van der Waals surface area contributed by atoms with Crippen LogP contribution in [0.5, 0.6) is 0 Å². The standard InChI is InChI=1S/C12H16F2N2S/c1-16-7-6-15-8-11(16)9-2-4-10(5-3-9)17-12(13)14/h2-5,11-12,15H,6-8H2,1H3. The molecule has 5 heteroatoms. The second-order valence-electron chi connectivity index (χ2n) is 4.15. The van der Waals surface area contributed by atoms with E-state index in [0.29, 0.717) is 22.7 Å². The molecular weight excluding hydrogens is 242 g/mol.